The third-order valence-corrected chi connectivity index (χ3v) is 3.43. The number of rotatable bonds is 10. The van der Waals surface area contributed by atoms with Crippen LogP contribution in [0.4, 0.5) is 0 Å². The van der Waals surface area contributed by atoms with Crippen LogP contribution in [-0.4, -0.2) is 32.5 Å². The molecule has 6 heteroatoms. The Bertz CT molecular complexity index is 771. The zero-order valence-corrected chi connectivity index (χ0v) is 15.5. The Hall–Kier alpha value is -3.28. The van der Waals surface area contributed by atoms with Gasteiger partial charge >= 0.3 is 5.97 Å². The second-order valence-corrected chi connectivity index (χ2v) is 5.34. The Morgan fingerprint density at radius 1 is 1.11 bits per heavy atom. The van der Waals surface area contributed by atoms with Crippen molar-refractivity contribution in [1.82, 2.24) is 0 Å². The highest BCUT2D eigenvalue weighted by Crippen LogP contribution is 2.30. The summed E-state index contributed by atoms with van der Waals surface area (Å²) in [5.41, 5.74) is 1.73. The van der Waals surface area contributed by atoms with Crippen molar-refractivity contribution in [2.45, 2.75) is 13.5 Å². The van der Waals surface area contributed by atoms with E-state index in [-0.39, 0.29) is 6.61 Å². The van der Waals surface area contributed by atoms with E-state index in [1.807, 2.05) is 42.5 Å². The molecule has 0 aliphatic rings. The van der Waals surface area contributed by atoms with Gasteiger partial charge in [0.15, 0.2) is 11.5 Å². The Morgan fingerprint density at radius 2 is 1.93 bits per heavy atom. The molecule has 0 bridgehead atoms. The molecule has 0 radical (unpaired) electrons. The molecule has 0 saturated heterocycles. The predicted molar refractivity (Wildman–Crippen MR) is 103 cm³/mol. The Morgan fingerprint density at radius 3 is 2.67 bits per heavy atom. The van der Waals surface area contributed by atoms with Crippen LogP contribution in [0.1, 0.15) is 18.1 Å². The molecule has 2 rings (SSSR count). The van der Waals surface area contributed by atoms with Crippen LogP contribution < -0.4 is 9.47 Å². The van der Waals surface area contributed by atoms with Crippen molar-refractivity contribution in [1.29, 1.82) is 0 Å². The van der Waals surface area contributed by atoms with Gasteiger partial charge < -0.3 is 19.0 Å². The molecule has 142 valence electrons. The van der Waals surface area contributed by atoms with Crippen LogP contribution in [0.3, 0.4) is 0 Å². The molecule has 0 unspecified atom stereocenters. The van der Waals surface area contributed by atoms with E-state index < -0.39 is 5.97 Å². The number of hydrogen-bond acceptors (Lipinski definition) is 6. The Labute approximate surface area is 159 Å². The molecular weight excluding hydrogens is 346 g/mol. The van der Waals surface area contributed by atoms with Crippen molar-refractivity contribution in [2.75, 3.05) is 20.3 Å². The summed E-state index contributed by atoms with van der Waals surface area (Å²) in [7, 11) is 1.56. The molecule has 0 aliphatic carbocycles. The minimum Gasteiger partial charge on any atom is -0.493 e. The van der Waals surface area contributed by atoms with Gasteiger partial charge in [-0.05, 0) is 30.7 Å². The molecule has 27 heavy (non-hydrogen) atoms. The molecular formula is C21H23NO5. The molecule has 0 aromatic heterocycles. The molecule has 0 heterocycles. The van der Waals surface area contributed by atoms with Crippen LogP contribution >= 0.6 is 0 Å². The van der Waals surface area contributed by atoms with Gasteiger partial charge in [0.1, 0.15) is 13.2 Å². The van der Waals surface area contributed by atoms with E-state index in [4.69, 9.17) is 19.0 Å². The summed E-state index contributed by atoms with van der Waals surface area (Å²) in [6.07, 6.45) is 4.47. The number of oxime groups is 1. The first-order chi connectivity index (χ1) is 13.2. The van der Waals surface area contributed by atoms with Crippen LogP contribution in [0.25, 0.3) is 0 Å². The van der Waals surface area contributed by atoms with Crippen LogP contribution in [0.2, 0.25) is 0 Å². The summed E-state index contributed by atoms with van der Waals surface area (Å²) in [6, 6.07) is 15.2. The van der Waals surface area contributed by atoms with Gasteiger partial charge in [-0.1, -0.05) is 41.6 Å². The molecule has 2 aromatic rings. The maximum atomic E-state index is 11.3. The number of benzene rings is 2. The molecule has 0 spiro atoms. The average Bonchev–Trinajstić information content (AvgIpc) is 2.70. The molecule has 0 N–H and O–H groups in total. The van der Waals surface area contributed by atoms with E-state index in [2.05, 4.69) is 5.16 Å². The lowest BCUT2D eigenvalue weighted by Crippen LogP contribution is -2.03. The first-order valence-corrected chi connectivity index (χ1v) is 8.57. The summed E-state index contributed by atoms with van der Waals surface area (Å²) >= 11 is 0. The smallest absolute Gasteiger partial charge is 0.330 e. The zero-order chi connectivity index (χ0) is 19.3. The van der Waals surface area contributed by atoms with E-state index in [1.54, 1.807) is 32.4 Å². The van der Waals surface area contributed by atoms with Gasteiger partial charge in [0.2, 0.25) is 0 Å². The fourth-order valence-electron chi connectivity index (χ4n) is 2.20. The van der Waals surface area contributed by atoms with Crippen LogP contribution in [0.15, 0.2) is 65.8 Å². The quantitative estimate of drug-likeness (QED) is 0.276. The lowest BCUT2D eigenvalue weighted by molar-refractivity contribution is -0.137. The largest absolute Gasteiger partial charge is 0.493 e. The first-order valence-electron chi connectivity index (χ1n) is 8.57. The van der Waals surface area contributed by atoms with Crippen molar-refractivity contribution >= 4 is 12.2 Å². The minimum atomic E-state index is -0.405. The van der Waals surface area contributed by atoms with Gasteiger partial charge in [0.05, 0.1) is 19.9 Å². The van der Waals surface area contributed by atoms with Gasteiger partial charge in [0.25, 0.3) is 0 Å². The van der Waals surface area contributed by atoms with Crippen LogP contribution in [-0.2, 0) is 21.0 Å². The second kappa shape index (κ2) is 11.4. The normalized spacial score (nSPS) is 10.9. The Balaban J connectivity index is 1.99. The summed E-state index contributed by atoms with van der Waals surface area (Å²) < 4.78 is 15.9. The summed E-state index contributed by atoms with van der Waals surface area (Å²) in [5.74, 6) is 0.671. The van der Waals surface area contributed by atoms with E-state index >= 15 is 0 Å². The fourth-order valence-corrected chi connectivity index (χ4v) is 2.20. The predicted octanol–water partition coefficient (Wildman–Crippen LogP) is 3.74. The van der Waals surface area contributed by atoms with Crippen molar-refractivity contribution in [3.8, 4) is 11.5 Å². The van der Waals surface area contributed by atoms with E-state index in [0.717, 1.165) is 5.56 Å². The van der Waals surface area contributed by atoms with Gasteiger partial charge in [-0.3, -0.25) is 0 Å². The number of hydrogen-bond donors (Lipinski definition) is 0. The molecule has 0 saturated carbocycles. The molecule has 0 atom stereocenters. The van der Waals surface area contributed by atoms with E-state index in [0.29, 0.717) is 30.3 Å². The number of carbonyl (C=O) groups is 1. The van der Waals surface area contributed by atoms with Crippen molar-refractivity contribution in [3.63, 3.8) is 0 Å². The lowest BCUT2D eigenvalue weighted by Gasteiger charge is -2.11. The number of nitrogens with zero attached hydrogens (tertiary/aromatic N) is 1. The first kappa shape index (κ1) is 20.0. The molecule has 0 amide bonds. The van der Waals surface area contributed by atoms with Gasteiger partial charge in [-0.15, -0.1) is 0 Å². The summed E-state index contributed by atoms with van der Waals surface area (Å²) in [4.78, 5) is 16.6. The zero-order valence-electron chi connectivity index (χ0n) is 15.5. The highest BCUT2D eigenvalue weighted by atomic mass is 16.6. The number of ether oxygens (including phenoxy) is 3. The highest BCUT2D eigenvalue weighted by molar-refractivity contribution is 5.84. The van der Waals surface area contributed by atoms with Crippen LogP contribution in [0.5, 0.6) is 11.5 Å². The highest BCUT2D eigenvalue weighted by Gasteiger charge is 2.09. The molecule has 6 nitrogen and oxygen atoms in total. The average molecular weight is 369 g/mol. The third-order valence-electron chi connectivity index (χ3n) is 3.43. The Kier molecular flexibility index (Phi) is 8.43. The SMILES string of the molecule is CCOC(=O)/C=C/COc1c(/C=N/OCc2ccccc2)cccc1OC. The number of para-hydroxylation sites is 1. The minimum absolute atomic E-state index is 0.185. The number of carbonyl (C=O) groups excluding carboxylic acids is 1. The van der Waals surface area contributed by atoms with Crippen molar-refractivity contribution in [2.24, 2.45) is 5.16 Å². The van der Waals surface area contributed by atoms with Crippen molar-refractivity contribution < 1.29 is 23.8 Å². The topological polar surface area (TPSA) is 66.4 Å². The van der Waals surface area contributed by atoms with Gasteiger partial charge in [0, 0.05) is 11.6 Å². The van der Waals surface area contributed by atoms with Crippen molar-refractivity contribution in [3.05, 3.63) is 71.8 Å². The second-order valence-electron chi connectivity index (χ2n) is 5.34. The lowest BCUT2D eigenvalue weighted by atomic mass is 10.2. The summed E-state index contributed by atoms with van der Waals surface area (Å²) in [6.45, 7) is 2.65. The fraction of sp³-hybridized carbons (Fsp3) is 0.238. The monoisotopic (exact) mass is 369 g/mol. The van der Waals surface area contributed by atoms with E-state index in [9.17, 15) is 4.79 Å². The maximum Gasteiger partial charge on any atom is 0.330 e. The van der Waals surface area contributed by atoms with E-state index in [1.165, 1.54) is 6.08 Å². The summed E-state index contributed by atoms with van der Waals surface area (Å²) in [5, 5.41) is 4.00. The standard InChI is InChI=1S/C21H23NO5/c1-3-25-20(23)13-8-14-26-21-18(11-7-12-19(21)24-2)15-22-27-16-17-9-5-4-6-10-17/h4-13,15H,3,14,16H2,1-2H3/b13-8+,22-15+. The van der Waals surface area contributed by atoms with Crippen LogP contribution in [0, 0.1) is 0 Å². The molecule has 0 fully saturated rings. The van der Waals surface area contributed by atoms with Gasteiger partial charge in [-0.2, -0.15) is 0 Å². The number of methoxy groups -OCH3 is 1. The number of esters is 1. The third kappa shape index (κ3) is 6.86. The maximum absolute atomic E-state index is 11.3. The molecule has 0 aliphatic heterocycles. The molecule has 2 aromatic carbocycles. The van der Waals surface area contributed by atoms with Gasteiger partial charge in [-0.25, -0.2) is 4.79 Å².